The lowest BCUT2D eigenvalue weighted by molar-refractivity contribution is 0.102. The molecule has 1 fully saturated rings. The summed E-state index contributed by atoms with van der Waals surface area (Å²) in [6.45, 7) is 3.15. The fourth-order valence-corrected chi connectivity index (χ4v) is 3.92. The summed E-state index contributed by atoms with van der Waals surface area (Å²) in [5.74, 6) is 0.485. The van der Waals surface area contributed by atoms with Crippen LogP contribution in [0.25, 0.3) is 0 Å². The summed E-state index contributed by atoms with van der Waals surface area (Å²) in [7, 11) is 0. The van der Waals surface area contributed by atoms with Gasteiger partial charge < -0.3 is 19.7 Å². The highest BCUT2D eigenvalue weighted by atomic mass is 35.5. The molecule has 1 amide bonds. The number of carbonyl (C=O) groups is 1. The smallest absolute Gasteiger partial charge is 0.255 e. The van der Waals surface area contributed by atoms with Gasteiger partial charge in [0.1, 0.15) is 12.4 Å². The standard InChI is InChI=1S/C21H20ClN3O3S/c22-18-2-1-3-19(20(18)25-8-10-27-11-9-25)24-21(26)15-4-6-17(7-5-15)28-12-16-13-29-14-23-16/h1-7,13-14H,8-12H2,(H,24,26). The lowest BCUT2D eigenvalue weighted by atomic mass is 10.1. The number of halogens is 1. The molecule has 1 aromatic heterocycles. The van der Waals surface area contributed by atoms with E-state index in [4.69, 9.17) is 21.1 Å². The molecule has 0 radical (unpaired) electrons. The van der Waals surface area contributed by atoms with Crippen molar-refractivity contribution >= 4 is 40.2 Å². The van der Waals surface area contributed by atoms with E-state index in [1.165, 1.54) is 11.3 Å². The summed E-state index contributed by atoms with van der Waals surface area (Å²) in [4.78, 5) is 19.1. The number of hydrogen-bond acceptors (Lipinski definition) is 6. The molecule has 0 atom stereocenters. The maximum absolute atomic E-state index is 12.8. The highest BCUT2D eigenvalue weighted by molar-refractivity contribution is 7.07. The number of amides is 1. The first-order valence-electron chi connectivity index (χ1n) is 9.23. The van der Waals surface area contributed by atoms with E-state index in [-0.39, 0.29) is 5.91 Å². The second-order valence-electron chi connectivity index (χ2n) is 6.48. The molecule has 6 nitrogen and oxygen atoms in total. The van der Waals surface area contributed by atoms with Gasteiger partial charge in [-0.05, 0) is 36.4 Å². The quantitative estimate of drug-likeness (QED) is 0.626. The zero-order valence-electron chi connectivity index (χ0n) is 15.6. The van der Waals surface area contributed by atoms with Crippen LogP contribution in [-0.4, -0.2) is 37.2 Å². The number of benzene rings is 2. The van der Waals surface area contributed by atoms with Gasteiger partial charge >= 0.3 is 0 Å². The number of nitrogens with zero attached hydrogens (tertiary/aromatic N) is 2. The molecular formula is C21H20ClN3O3S. The Kier molecular flexibility index (Phi) is 6.29. The van der Waals surface area contributed by atoms with Gasteiger partial charge in [-0.1, -0.05) is 17.7 Å². The number of nitrogens with one attached hydrogen (secondary N) is 1. The molecule has 150 valence electrons. The predicted molar refractivity (Wildman–Crippen MR) is 115 cm³/mol. The molecule has 2 heterocycles. The first-order chi connectivity index (χ1) is 14.2. The molecule has 8 heteroatoms. The molecule has 0 aliphatic carbocycles. The second kappa shape index (κ2) is 9.26. The molecule has 0 unspecified atom stereocenters. The third kappa shape index (κ3) is 4.87. The Hall–Kier alpha value is -2.61. The highest BCUT2D eigenvalue weighted by Gasteiger charge is 2.19. The summed E-state index contributed by atoms with van der Waals surface area (Å²) in [6.07, 6.45) is 0. The minimum Gasteiger partial charge on any atom is -0.487 e. The number of thiazole rings is 1. The average molecular weight is 430 g/mol. The maximum Gasteiger partial charge on any atom is 0.255 e. The van der Waals surface area contributed by atoms with Crippen molar-refractivity contribution in [1.82, 2.24) is 4.98 Å². The molecule has 1 saturated heterocycles. The fraction of sp³-hybridized carbons (Fsp3) is 0.238. The van der Waals surface area contributed by atoms with E-state index in [0.29, 0.717) is 41.8 Å². The van der Waals surface area contributed by atoms with E-state index in [2.05, 4.69) is 15.2 Å². The number of para-hydroxylation sites is 1. The van der Waals surface area contributed by atoms with E-state index in [0.717, 1.165) is 24.5 Å². The number of aromatic nitrogens is 1. The molecule has 2 aromatic carbocycles. The summed E-state index contributed by atoms with van der Waals surface area (Å²) in [5, 5.41) is 5.53. The lowest BCUT2D eigenvalue weighted by Crippen LogP contribution is -2.37. The molecule has 0 spiro atoms. The number of anilines is 2. The highest BCUT2D eigenvalue weighted by Crippen LogP contribution is 2.34. The third-order valence-corrected chi connectivity index (χ3v) is 5.49. The van der Waals surface area contributed by atoms with Crippen LogP contribution in [0.4, 0.5) is 11.4 Å². The van der Waals surface area contributed by atoms with Crippen LogP contribution in [-0.2, 0) is 11.3 Å². The lowest BCUT2D eigenvalue weighted by Gasteiger charge is -2.31. The van der Waals surface area contributed by atoms with Gasteiger partial charge in [-0.3, -0.25) is 4.79 Å². The molecule has 4 rings (SSSR count). The normalized spacial score (nSPS) is 13.9. The van der Waals surface area contributed by atoms with E-state index in [1.807, 2.05) is 23.6 Å². The van der Waals surface area contributed by atoms with Crippen LogP contribution < -0.4 is 15.0 Å². The molecule has 0 bridgehead atoms. The van der Waals surface area contributed by atoms with Gasteiger partial charge in [0.15, 0.2) is 0 Å². The van der Waals surface area contributed by atoms with Gasteiger partial charge in [0.25, 0.3) is 5.91 Å². The first kappa shape index (κ1) is 19.7. The average Bonchev–Trinajstić information content (AvgIpc) is 3.27. The zero-order chi connectivity index (χ0) is 20.1. The molecule has 1 aliphatic rings. The number of ether oxygens (including phenoxy) is 2. The van der Waals surface area contributed by atoms with Crippen molar-refractivity contribution in [1.29, 1.82) is 0 Å². The van der Waals surface area contributed by atoms with Crippen molar-refractivity contribution in [2.24, 2.45) is 0 Å². The van der Waals surface area contributed by atoms with E-state index < -0.39 is 0 Å². The molecule has 29 heavy (non-hydrogen) atoms. The van der Waals surface area contributed by atoms with Crippen LogP contribution in [0, 0.1) is 0 Å². The van der Waals surface area contributed by atoms with E-state index in [9.17, 15) is 4.79 Å². The van der Waals surface area contributed by atoms with Crippen LogP contribution in [0.2, 0.25) is 5.02 Å². The van der Waals surface area contributed by atoms with Crippen LogP contribution in [0.1, 0.15) is 16.1 Å². The van der Waals surface area contributed by atoms with Gasteiger partial charge in [-0.25, -0.2) is 4.98 Å². The van der Waals surface area contributed by atoms with Gasteiger partial charge in [-0.2, -0.15) is 0 Å². The molecule has 1 N–H and O–H groups in total. The maximum atomic E-state index is 12.8. The Morgan fingerprint density at radius 3 is 2.72 bits per heavy atom. The third-order valence-electron chi connectivity index (χ3n) is 4.55. The monoisotopic (exact) mass is 429 g/mol. The van der Waals surface area contributed by atoms with Gasteiger partial charge in [0.2, 0.25) is 0 Å². The van der Waals surface area contributed by atoms with Crippen molar-refractivity contribution in [3.8, 4) is 5.75 Å². The summed E-state index contributed by atoms with van der Waals surface area (Å²) < 4.78 is 11.1. The Bertz CT molecular complexity index is 958. The largest absolute Gasteiger partial charge is 0.487 e. The topological polar surface area (TPSA) is 63.7 Å². The summed E-state index contributed by atoms with van der Waals surface area (Å²) in [5.41, 5.74) is 4.71. The van der Waals surface area contributed by atoms with Crippen molar-refractivity contribution in [2.45, 2.75) is 6.61 Å². The van der Waals surface area contributed by atoms with Crippen molar-refractivity contribution in [3.63, 3.8) is 0 Å². The Morgan fingerprint density at radius 2 is 2.00 bits per heavy atom. The number of morpholine rings is 1. The summed E-state index contributed by atoms with van der Waals surface area (Å²) in [6, 6.07) is 12.6. The van der Waals surface area contributed by atoms with Crippen LogP contribution >= 0.6 is 22.9 Å². The Labute approximate surface area is 178 Å². The molecule has 0 saturated carbocycles. The van der Waals surface area contributed by atoms with Crippen LogP contribution in [0.5, 0.6) is 5.75 Å². The molecular weight excluding hydrogens is 410 g/mol. The van der Waals surface area contributed by atoms with E-state index >= 15 is 0 Å². The summed E-state index contributed by atoms with van der Waals surface area (Å²) >= 11 is 7.97. The number of rotatable bonds is 6. The van der Waals surface area contributed by atoms with Gasteiger partial charge in [0, 0.05) is 24.0 Å². The second-order valence-corrected chi connectivity index (χ2v) is 7.61. The van der Waals surface area contributed by atoms with Crippen molar-refractivity contribution in [3.05, 3.63) is 69.6 Å². The fourth-order valence-electron chi connectivity index (χ4n) is 3.09. The van der Waals surface area contributed by atoms with Gasteiger partial charge in [0.05, 0.1) is 40.8 Å². The van der Waals surface area contributed by atoms with Crippen LogP contribution in [0.15, 0.2) is 53.4 Å². The number of hydrogen-bond donors (Lipinski definition) is 1. The zero-order valence-corrected chi connectivity index (χ0v) is 17.2. The number of carbonyl (C=O) groups excluding carboxylic acids is 1. The molecule has 1 aliphatic heterocycles. The van der Waals surface area contributed by atoms with Crippen molar-refractivity contribution < 1.29 is 14.3 Å². The van der Waals surface area contributed by atoms with Crippen LogP contribution in [0.3, 0.4) is 0 Å². The molecule has 3 aromatic rings. The van der Waals surface area contributed by atoms with Crippen molar-refractivity contribution in [2.75, 3.05) is 36.5 Å². The predicted octanol–water partition coefficient (Wildman–Crippen LogP) is 4.46. The van der Waals surface area contributed by atoms with E-state index in [1.54, 1.807) is 29.8 Å². The Morgan fingerprint density at radius 1 is 1.21 bits per heavy atom. The SMILES string of the molecule is O=C(Nc1cccc(Cl)c1N1CCOCC1)c1ccc(OCc2cscn2)cc1. The minimum absolute atomic E-state index is 0.201. The first-order valence-corrected chi connectivity index (χ1v) is 10.6. The Balaban J connectivity index is 1.44. The minimum atomic E-state index is -0.201. The van der Waals surface area contributed by atoms with Gasteiger partial charge in [-0.15, -0.1) is 11.3 Å².